The summed E-state index contributed by atoms with van der Waals surface area (Å²) in [5, 5.41) is 0. The molecule has 2 heterocycles. The zero-order valence-corrected chi connectivity index (χ0v) is 10.3. The van der Waals surface area contributed by atoms with Crippen molar-refractivity contribution in [1.29, 1.82) is 0 Å². The minimum atomic E-state index is 0.223. The molecule has 92 valence electrons. The molecule has 0 saturated carbocycles. The van der Waals surface area contributed by atoms with Crippen molar-refractivity contribution < 1.29 is 14.1 Å². The second-order valence-electron chi connectivity index (χ2n) is 4.36. The topological polar surface area (TPSA) is 33.4 Å². The lowest BCUT2D eigenvalue weighted by atomic mass is 10.3. The average molecular weight is 235 g/mol. The molecule has 0 bridgehead atoms. The number of carbonyl (C=O) groups is 1. The van der Waals surface area contributed by atoms with E-state index in [-0.39, 0.29) is 5.91 Å². The van der Waals surface area contributed by atoms with Gasteiger partial charge in [0.2, 0.25) is 5.91 Å². The Morgan fingerprint density at radius 1 is 1.35 bits per heavy atom. The number of hydrogen-bond acceptors (Lipinski definition) is 2. The summed E-state index contributed by atoms with van der Waals surface area (Å²) in [5.74, 6) is 0.223. The van der Waals surface area contributed by atoms with Crippen LogP contribution in [0.1, 0.15) is 12.0 Å². The van der Waals surface area contributed by atoms with E-state index in [1.807, 2.05) is 21.9 Å². The maximum absolute atomic E-state index is 11.9. The number of morpholine rings is 1. The first-order valence-electron chi connectivity index (χ1n) is 6.07. The Morgan fingerprint density at radius 3 is 2.65 bits per heavy atom. The summed E-state index contributed by atoms with van der Waals surface area (Å²) in [6.45, 7) is 5.61. The van der Waals surface area contributed by atoms with E-state index in [1.54, 1.807) is 0 Å². The number of ether oxygens (including phenoxy) is 1. The molecule has 1 aromatic rings. The molecule has 0 aliphatic carbocycles. The summed E-state index contributed by atoms with van der Waals surface area (Å²) < 4.78 is 7.27. The van der Waals surface area contributed by atoms with E-state index in [0.717, 1.165) is 19.6 Å². The molecule has 1 saturated heterocycles. The van der Waals surface area contributed by atoms with Crippen LogP contribution in [0, 0.1) is 6.92 Å². The van der Waals surface area contributed by atoms with Crippen molar-refractivity contribution in [3.8, 4) is 0 Å². The first-order valence-corrected chi connectivity index (χ1v) is 6.07. The number of aryl methyl sites for hydroxylation is 2. The third kappa shape index (κ3) is 3.53. The molecule has 0 spiro atoms. The molecule has 4 nitrogen and oxygen atoms in total. The monoisotopic (exact) mass is 235 g/mol. The molecule has 1 aliphatic heterocycles. The highest BCUT2D eigenvalue weighted by Crippen LogP contribution is 2.00. The largest absolute Gasteiger partial charge is 0.378 e. The number of pyridine rings is 1. The molecule has 1 amide bonds. The van der Waals surface area contributed by atoms with Gasteiger partial charge >= 0.3 is 0 Å². The lowest BCUT2D eigenvalue weighted by molar-refractivity contribution is -0.696. The molecule has 1 aliphatic rings. The van der Waals surface area contributed by atoms with Crippen LogP contribution >= 0.6 is 0 Å². The van der Waals surface area contributed by atoms with Crippen LogP contribution < -0.4 is 4.57 Å². The van der Waals surface area contributed by atoms with E-state index >= 15 is 0 Å². The summed E-state index contributed by atoms with van der Waals surface area (Å²) in [4.78, 5) is 13.8. The van der Waals surface area contributed by atoms with Crippen molar-refractivity contribution >= 4 is 5.91 Å². The van der Waals surface area contributed by atoms with E-state index in [2.05, 4.69) is 19.1 Å². The van der Waals surface area contributed by atoms with Gasteiger partial charge in [0.1, 0.15) is 0 Å². The smallest absolute Gasteiger partial charge is 0.229 e. The van der Waals surface area contributed by atoms with Crippen LogP contribution in [0.15, 0.2) is 24.5 Å². The molecule has 0 aromatic carbocycles. The number of carbonyl (C=O) groups excluding carboxylic acids is 1. The summed E-state index contributed by atoms with van der Waals surface area (Å²) >= 11 is 0. The SMILES string of the molecule is Cc1cc[n+](CCC(=O)N2CCOCC2)cc1. The Bertz CT molecular complexity index is 370. The van der Waals surface area contributed by atoms with E-state index in [1.165, 1.54) is 5.56 Å². The highest BCUT2D eigenvalue weighted by Gasteiger charge is 2.17. The van der Waals surface area contributed by atoms with Gasteiger partial charge in [-0.05, 0) is 12.5 Å². The molecule has 0 radical (unpaired) electrons. The van der Waals surface area contributed by atoms with Gasteiger partial charge in [0, 0.05) is 25.2 Å². The Labute approximate surface area is 102 Å². The van der Waals surface area contributed by atoms with Gasteiger partial charge in [-0.1, -0.05) is 0 Å². The van der Waals surface area contributed by atoms with Crippen LogP contribution in [0.3, 0.4) is 0 Å². The normalized spacial score (nSPS) is 15.9. The van der Waals surface area contributed by atoms with Gasteiger partial charge in [-0.25, -0.2) is 4.57 Å². The lowest BCUT2D eigenvalue weighted by Gasteiger charge is -2.26. The van der Waals surface area contributed by atoms with E-state index < -0.39 is 0 Å². The van der Waals surface area contributed by atoms with Crippen molar-refractivity contribution in [2.75, 3.05) is 26.3 Å². The van der Waals surface area contributed by atoms with Gasteiger partial charge in [-0.15, -0.1) is 0 Å². The second kappa shape index (κ2) is 5.77. The standard InChI is InChI=1S/C13H19N2O2/c1-12-2-5-14(6-3-12)7-4-13(16)15-8-10-17-11-9-15/h2-3,5-6H,4,7-11H2,1H3/q+1. The zero-order valence-electron chi connectivity index (χ0n) is 10.3. The fourth-order valence-corrected chi connectivity index (χ4v) is 1.88. The summed E-state index contributed by atoms with van der Waals surface area (Å²) in [6.07, 6.45) is 4.59. The minimum Gasteiger partial charge on any atom is -0.378 e. The molecule has 17 heavy (non-hydrogen) atoms. The fraction of sp³-hybridized carbons (Fsp3) is 0.538. The highest BCUT2D eigenvalue weighted by molar-refractivity contribution is 5.76. The average Bonchev–Trinajstić information content (AvgIpc) is 2.39. The second-order valence-corrected chi connectivity index (χ2v) is 4.36. The molecule has 1 aromatic heterocycles. The van der Waals surface area contributed by atoms with Crippen molar-refractivity contribution in [2.24, 2.45) is 0 Å². The van der Waals surface area contributed by atoms with Crippen LogP contribution in [0.5, 0.6) is 0 Å². The predicted molar refractivity (Wildman–Crippen MR) is 63.4 cm³/mol. The van der Waals surface area contributed by atoms with Gasteiger partial charge in [-0.3, -0.25) is 4.79 Å². The molecule has 2 rings (SSSR count). The lowest BCUT2D eigenvalue weighted by Crippen LogP contribution is -2.43. The van der Waals surface area contributed by atoms with Gasteiger partial charge in [0.15, 0.2) is 18.9 Å². The molecular weight excluding hydrogens is 216 g/mol. The van der Waals surface area contributed by atoms with Gasteiger partial charge in [0.25, 0.3) is 0 Å². The summed E-state index contributed by atoms with van der Waals surface area (Å²) in [5.41, 5.74) is 1.24. The van der Waals surface area contributed by atoms with E-state index in [4.69, 9.17) is 4.74 Å². The first kappa shape index (κ1) is 12.0. The van der Waals surface area contributed by atoms with Crippen molar-refractivity contribution in [2.45, 2.75) is 19.9 Å². The molecule has 1 fully saturated rings. The third-order valence-corrected chi connectivity index (χ3v) is 3.01. The van der Waals surface area contributed by atoms with Crippen LogP contribution in [0.4, 0.5) is 0 Å². The maximum Gasteiger partial charge on any atom is 0.229 e. The van der Waals surface area contributed by atoms with Crippen LogP contribution in [0.2, 0.25) is 0 Å². The Hall–Kier alpha value is -1.42. The summed E-state index contributed by atoms with van der Waals surface area (Å²) in [6, 6.07) is 4.11. The van der Waals surface area contributed by atoms with Crippen LogP contribution in [-0.2, 0) is 16.1 Å². The molecule has 0 atom stereocenters. The highest BCUT2D eigenvalue weighted by atomic mass is 16.5. The number of hydrogen-bond donors (Lipinski definition) is 0. The van der Waals surface area contributed by atoms with E-state index in [0.29, 0.717) is 19.6 Å². The molecule has 0 unspecified atom stereocenters. The first-order chi connectivity index (χ1) is 8.25. The van der Waals surface area contributed by atoms with Gasteiger partial charge in [0.05, 0.1) is 19.6 Å². The zero-order chi connectivity index (χ0) is 12.1. The van der Waals surface area contributed by atoms with E-state index in [9.17, 15) is 4.79 Å². The Balaban J connectivity index is 1.81. The minimum absolute atomic E-state index is 0.223. The number of nitrogens with zero attached hydrogens (tertiary/aromatic N) is 2. The third-order valence-electron chi connectivity index (χ3n) is 3.01. The predicted octanol–water partition coefficient (Wildman–Crippen LogP) is 0.531. The molecule has 4 heteroatoms. The Morgan fingerprint density at radius 2 is 2.00 bits per heavy atom. The van der Waals surface area contributed by atoms with Gasteiger partial charge in [-0.2, -0.15) is 0 Å². The summed E-state index contributed by atoms with van der Waals surface area (Å²) in [7, 11) is 0. The van der Waals surface area contributed by atoms with Crippen molar-refractivity contribution in [3.05, 3.63) is 30.1 Å². The fourth-order valence-electron chi connectivity index (χ4n) is 1.88. The quantitative estimate of drug-likeness (QED) is 0.716. The number of rotatable bonds is 3. The number of amides is 1. The maximum atomic E-state index is 11.9. The van der Waals surface area contributed by atoms with Crippen LogP contribution in [0.25, 0.3) is 0 Å². The Kier molecular flexibility index (Phi) is 4.09. The van der Waals surface area contributed by atoms with Crippen LogP contribution in [-0.4, -0.2) is 37.1 Å². The molecular formula is C13H19N2O2+. The van der Waals surface area contributed by atoms with Crippen molar-refractivity contribution in [3.63, 3.8) is 0 Å². The van der Waals surface area contributed by atoms with Gasteiger partial charge < -0.3 is 9.64 Å². The van der Waals surface area contributed by atoms with Crippen molar-refractivity contribution in [1.82, 2.24) is 4.90 Å². The number of aromatic nitrogens is 1. The molecule has 0 N–H and O–H groups in total.